The highest BCUT2D eigenvalue weighted by atomic mass is 19.4. The normalized spacial score (nSPS) is 24.7. The molecule has 0 N–H and O–H groups in total. The van der Waals surface area contributed by atoms with Gasteiger partial charge in [0.15, 0.2) is 23.3 Å². The van der Waals surface area contributed by atoms with Crippen molar-refractivity contribution in [3.8, 4) is 0 Å². The van der Waals surface area contributed by atoms with Gasteiger partial charge in [-0.2, -0.15) is 65.9 Å². The van der Waals surface area contributed by atoms with E-state index in [-0.39, 0.29) is 0 Å². The summed E-state index contributed by atoms with van der Waals surface area (Å²) in [6, 6.07) is 0. The van der Waals surface area contributed by atoms with E-state index in [2.05, 4.69) is 0 Å². The fourth-order valence-corrected chi connectivity index (χ4v) is 2.95. The lowest BCUT2D eigenvalue weighted by molar-refractivity contribution is -0.462. The van der Waals surface area contributed by atoms with Gasteiger partial charge >= 0.3 is 47.4 Å². The van der Waals surface area contributed by atoms with Crippen molar-refractivity contribution < 1.29 is 87.8 Å². The predicted octanol–water partition coefficient (Wildman–Crippen LogP) is 7.25. The van der Waals surface area contributed by atoms with Gasteiger partial charge < -0.3 is 0 Å². The van der Waals surface area contributed by atoms with Gasteiger partial charge in [0.05, 0.1) is 11.1 Å². The van der Waals surface area contributed by atoms with Crippen LogP contribution in [0.3, 0.4) is 0 Å². The van der Waals surface area contributed by atoms with Crippen LogP contribution >= 0.6 is 0 Å². The molecule has 0 radical (unpaired) electrons. The number of benzene rings is 1. The van der Waals surface area contributed by atoms with Crippen LogP contribution in [0, 0.1) is 23.3 Å². The molecule has 1 aliphatic rings. The minimum atomic E-state index is -8.92. The number of fused-ring (bicyclic) bond motifs is 1. The van der Waals surface area contributed by atoms with E-state index in [0.29, 0.717) is 0 Å². The summed E-state index contributed by atoms with van der Waals surface area (Å²) >= 11 is 0. The molecule has 0 saturated carbocycles. The molecule has 0 nitrogen and oxygen atoms in total. The molecule has 0 spiro atoms. The van der Waals surface area contributed by atoms with E-state index in [4.69, 9.17) is 0 Å². The van der Waals surface area contributed by atoms with Gasteiger partial charge in [0.2, 0.25) is 0 Å². The minimum Gasteiger partial charge on any atom is -0.223 e. The molecule has 0 fully saturated rings. The first-order valence-corrected chi connectivity index (χ1v) is 7.53. The Morgan fingerprint density at radius 3 is 1.09 bits per heavy atom. The molecule has 34 heavy (non-hydrogen) atoms. The third-order valence-electron chi connectivity index (χ3n) is 4.73. The molecule has 0 amide bonds. The van der Waals surface area contributed by atoms with Crippen molar-refractivity contribution in [2.45, 2.75) is 47.4 Å². The molecule has 1 aromatic rings. The fraction of sp³-hybridized carbons (Fsp3) is 0.571. The first-order valence-electron chi connectivity index (χ1n) is 7.53. The maximum atomic E-state index is 14.6. The van der Waals surface area contributed by atoms with E-state index >= 15 is 0 Å². The molecule has 2 rings (SSSR count). The lowest BCUT2D eigenvalue weighted by Gasteiger charge is -2.51. The Hall–Kier alpha value is -2.18. The summed E-state index contributed by atoms with van der Waals surface area (Å²) in [7, 11) is 0. The van der Waals surface area contributed by atoms with E-state index in [9.17, 15) is 87.8 Å². The molecule has 1 aromatic carbocycles. The standard InChI is InChI=1S/C14F20/c15-3-1-2(4(16)6(18)5(3)17)8(21,22)10(24,25)9(23,7(1,19)20)11(26,27)12(28,29)13(30,31)14(32,33)34. The van der Waals surface area contributed by atoms with Crippen molar-refractivity contribution in [1.29, 1.82) is 0 Å². The summed E-state index contributed by atoms with van der Waals surface area (Å²) in [6.07, 6.45) is -7.96. The third kappa shape index (κ3) is 2.64. The van der Waals surface area contributed by atoms with Gasteiger partial charge in [0.25, 0.3) is 0 Å². The van der Waals surface area contributed by atoms with Gasteiger partial charge in [-0.25, -0.2) is 22.0 Å². The highest BCUT2D eigenvalue weighted by Crippen LogP contribution is 2.72. The van der Waals surface area contributed by atoms with Gasteiger partial charge in [-0.15, -0.1) is 0 Å². The average Bonchev–Trinajstić information content (AvgIpc) is 2.65. The van der Waals surface area contributed by atoms with E-state index in [1.54, 1.807) is 0 Å². The number of halogens is 20. The molecule has 0 heterocycles. The number of alkyl halides is 16. The highest BCUT2D eigenvalue weighted by Gasteiger charge is 2.99. The Morgan fingerprint density at radius 2 is 0.765 bits per heavy atom. The molecule has 0 saturated heterocycles. The van der Waals surface area contributed by atoms with Crippen molar-refractivity contribution in [1.82, 2.24) is 0 Å². The first kappa shape index (κ1) is 28.1. The zero-order valence-electron chi connectivity index (χ0n) is 14.6. The largest absolute Gasteiger partial charge is 0.460 e. The third-order valence-corrected chi connectivity index (χ3v) is 4.73. The van der Waals surface area contributed by atoms with Crippen LogP contribution in [0.5, 0.6) is 0 Å². The highest BCUT2D eigenvalue weighted by molar-refractivity contribution is 5.48. The maximum Gasteiger partial charge on any atom is 0.460 e. The van der Waals surface area contributed by atoms with Crippen LogP contribution in [0.4, 0.5) is 87.8 Å². The Labute approximate surface area is 171 Å². The smallest absolute Gasteiger partial charge is 0.223 e. The van der Waals surface area contributed by atoms with Crippen molar-refractivity contribution in [3.05, 3.63) is 34.4 Å². The summed E-state index contributed by atoms with van der Waals surface area (Å²) in [6.45, 7) is 0. The predicted molar refractivity (Wildman–Crippen MR) is 63.7 cm³/mol. The van der Waals surface area contributed by atoms with Crippen LogP contribution in [-0.4, -0.2) is 35.5 Å². The Balaban J connectivity index is 3.15. The second kappa shape index (κ2) is 6.73. The molecular formula is C14F20. The Kier molecular flexibility index (Phi) is 5.55. The van der Waals surface area contributed by atoms with Gasteiger partial charge in [0, 0.05) is 0 Å². The number of hydrogen-bond donors (Lipinski definition) is 0. The number of rotatable bonds is 3. The van der Waals surface area contributed by atoms with E-state index in [1.807, 2.05) is 0 Å². The molecule has 20 heteroatoms. The van der Waals surface area contributed by atoms with Crippen molar-refractivity contribution in [3.63, 3.8) is 0 Å². The lowest BCUT2D eigenvalue weighted by atomic mass is 9.67. The average molecular weight is 548 g/mol. The topological polar surface area (TPSA) is 0 Å². The van der Waals surface area contributed by atoms with E-state index < -0.39 is 81.8 Å². The van der Waals surface area contributed by atoms with Gasteiger partial charge in [-0.3, -0.25) is 0 Å². The molecule has 0 aliphatic heterocycles. The maximum absolute atomic E-state index is 14.6. The van der Waals surface area contributed by atoms with Gasteiger partial charge in [0.1, 0.15) is 0 Å². The van der Waals surface area contributed by atoms with Crippen LogP contribution in [0.25, 0.3) is 0 Å². The summed E-state index contributed by atoms with van der Waals surface area (Å²) in [5.41, 5.74) is -17.1. The van der Waals surface area contributed by atoms with Crippen LogP contribution in [0.2, 0.25) is 0 Å². The van der Waals surface area contributed by atoms with Crippen LogP contribution in [-0.2, 0) is 11.8 Å². The van der Waals surface area contributed by atoms with Crippen LogP contribution in [0.15, 0.2) is 0 Å². The molecule has 0 aromatic heterocycles. The SMILES string of the molecule is Fc1c(F)c(F)c2c(c1F)C(F)(F)C(F)(F)C(F)(C(F)(F)C(F)(F)C(F)(F)C(F)(F)F)C2(F)F. The number of hydrogen-bond acceptors (Lipinski definition) is 0. The minimum absolute atomic E-state index is 3.60. The molecule has 196 valence electrons. The summed E-state index contributed by atoms with van der Waals surface area (Å²) in [5.74, 6) is -65.0. The molecule has 1 unspecified atom stereocenters. The van der Waals surface area contributed by atoms with E-state index in [0.717, 1.165) is 0 Å². The van der Waals surface area contributed by atoms with Gasteiger partial charge in [-0.05, 0) is 0 Å². The summed E-state index contributed by atoms with van der Waals surface area (Å²) in [5, 5.41) is 0. The zero-order valence-corrected chi connectivity index (χ0v) is 14.6. The second-order valence-electron chi connectivity index (χ2n) is 6.61. The molecular weight excluding hydrogens is 548 g/mol. The lowest BCUT2D eigenvalue weighted by Crippen LogP contribution is -2.79. The Bertz CT molecular complexity index is 1020. The fourth-order valence-electron chi connectivity index (χ4n) is 2.95. The van der Waals surface area contributed by atoms with Crippen molar-refractivity contribution in [2.75, 3.05) is 0 Å². The quantitative estimate of drug-likeness (QED) is 0.212. The second-order valence-corrected chi connectivity index (χ2v) is 6.61. The first-order chi connectivity index (χ1) is 14.6. The zero-order chi connectivity index (χ0) is 27.5. The van der Waals surface area contributed by atoms with Gasteiger partial charge in [-0.1, -0.05) is 0 Å². The monoisotopic (exact) mass is 548 g/mol. The summed E-state index contributed by atoms with van der Waals surface area (Å²) < 4.78 is 270. The molecule has 1 atom stereocenters. The van der Waals surface area contributed by atoms with Crippen molar-refractivity contribution in [2.24, 2.45) is 0 Å². The Morgan fingerprint density at radius 1 is 0.441 bits per heavy atom. The van der Waals surface area contributed by atoms with Crippen molar-refractivity contribution >= 4 is 0 Å². The molecule has 0 bridgehead atoms. The van der Waals surface area contributed by atoms with Crippen LogP contribution < -0.4 is 0 Å². The summed E-state index contributed by atoms with van der Waals surface area (Å²) in [4.78, 5) is 0. The van der Waals surface area contributed by atoms with E-state index in [1.165, 1.54) is 0 Å². The van der Waals surface area contributed by atoms with Crippen LogP contribution in [0.1, 0.15) is 11.1 Å². The molecule has 1 aliphatic carbocycles.